The largest absolute Gasteiger partial charge is 0.484 e. The van der Waals surface area contributed by atoms with Crippen molar-refractivity contribution in [1.82, 2.24) is 5.32 Å². The molecule has 1 amide bonds. The highest BCUT2D eigenvalue weighted by molar-refractivity contribution is 6.42. The van der Waals surface area contributed by atoms with Crippen molar-refractivity contribution in [3.63, 3.8) is 0 Å². The minimum absolute atomic E-state index is 0.240. The lowest BCUT2D eigenvalue weighted by Crippen LogP contribution is -2.44. The van der Waals surface area contributed by atoms with E-state index in [1.165, 1.54) is 18.2 Å². The molecule has 0 bridgehead atoms. The van der Waals surface area contributed by atoms with Gasteiger partial charge in [-0.1, -0.05) is 23.2 Å². The van der Waals surface area contributed by atoms with Crippen LogP contribution in [0.5, 0.6) is 5.75 Å². The van der Waals surface area contributed by atoms with Crippen LogP contribution in [-0.4, -0.2) is 40.7 Å². The zero-order valence-corrected chi connectivity index (χ0v) is 12.0. The second-order valence-electron chi connectivity index (χ2n) is 3.92. The molecule has 1 aromatic rings. The normalized spacial score (nSPS) is 11.5. The standard InChI is InChI=1S/C12H11Cl2NO6/c13-7-2-1-6(3-8(7)14)21-5-10(16)15-9(12(19)20)4-11(17)18/h1-3,9H,4-5H2,(H,15,16)(H,17,18)(H,19,20). The molecule has 0 radical (unpaired) electrons. The third-order valence-electron chi connectivity index (χ3n) is 2.27. The number of halogens is 2. The van der Waals surface area contributed by atoms with Gasteiger partial charge in [-0.15, -0.1) is 0 Å². The van der Waals surface area contributed by atoms with Crippen molar-refractivity contribution in [2.45, 2.75) is 12.5 Å². The van der Waals surface area contributed by atoms with Crippen LogP contribution in [0.4, 0.5) is 0 Å². The van der Waals surface area contributed by atoms with Crippen LogP contribution in [0.1, 0.15) is 6.42 Å². The fraction of sp³-hybridized carbons (Fsp3) is 0.250. The number of carbonyl (C=O) groups excluding carboxylic acids is 1. The summed E-state index contributed by atoms with van der Waals surface area (Å²) in [6.45, 7) is -0.485. The van der Waals surface area contributed by atoms with Gasteiger partial charge >= 0.3 is 11.9 Å². The first-order valence-electron chi connectivity index (χ1n) is 5.61. The van der Waals surface area contributed by atoms with Gasteiger partial charge in [-0.25, -0.2) is 4.79 Å². The molecule has 0 aliphatic heterocycles. The average molecular weight is 336 g/mol. The zero-order chi connectivity index (χ0) is 16.0. The highest BCUT2D eigenvalue weighted by Crippen LogP contribution is 2.26. The molecule has 0 spiro atoms. The van der Waals surface area contributed by atoms with Gasteiger partial charge in [0, 0.05) is 6.07 Å². The lowest BCUT2D eigenvalue weighted by atomic mass is 10.2. The molecule has 0 heterocycles. The Labute approximate surface area is 129 Å². The summed E-state index contributed by atoms with van der Waals surface area (Å²) in [7, 11) is 0. The van der Waals surface area contributed by atoms with Gasteiger partial charge in [0.25, 0.3) is 5.91 Å². The minimum Gasteiger partial charge on any atom is -0.484 e. The van der Waals surface area contributed by atoms with Gasteiger partial charge in [0.1, 0.15) is 11.8 Å². The van der Waals surface area contributed by atoms with Crippen LogP contribution in [0.2, 0.25) is 10.0 Å². The number of rotatable bonds is 7. The second-order valence-corrected chi connectivity index (χ2v) is 4.74. The first kappa shape index (κ1) is 17.1. The summed E-state index contributed by atoms with van der Waals surface area (Å²) in [6, 6.07) is 2.82. The van der Waals surface area contributed by atoms with Gasteiger partial charge < -0.3 is 20.3 Å². The van der Waals surface area contributed by atoms with Crippen molar-refractivity contribution in [2.75, 3.05) is 6.61 Å². The van der Waals surface area contributed by atoms with Gasteiger partial charge in [-0.05, 0) is 12.1 Å². The van der Waals surface area contributed by atoms with Gasteiger partial charge in [0.05, 0.1) is 16.5 Å². The molecule has 0 aliphatic carbocycles. The first-order valence-corrected chi connectivity index (χ1v) is 6.37. The maximum atomic E-state index is 11.5. The number of carboxylic acids is 2. The van der Waals surface area contributed by atoms with Crippen molar-refractivity contribution in [1.29, 1.82) is 0 Å². The molecule has 0 fully saturated rings. The van der Waals surface area contributed by atoms with Crippen LogP contribution in [0, 0.1) is 0 Å². The van der Waals surface area contributed by atoms with Gasteiger partial charge in [0.15, 0.2) is 6.61 Å². The molecule has 1 aromatic carbocycles. The van der Waals surface area contributed by atoms with E-state index in [1.54, 1.807) is 0 Å². The van der Waals surface area contributed by atoms with Crippen molar-refractivity contribution in [3.8, 4) is 5.75 Å². The molecule has 1 atom stereocenters. The molecule has 7 nitrogen and oxygen atoms in total. The first-order chi connectivity index (χ1) is 9.79. The molecular weight excluding hydrogens is 325 g/mol. The lowest BCUT2D eigenvalue weighted by molar-refractivity contribution is -0.147. The van der Waals surface area contributed by atoms with E-state index in [4.69, 9.17) is 38.2 Å². The molecule has 0 aromatic heterocycles. The summed E-state index contributed by atoms with van der Waals surface area (Å²) in [6.07, 6.45) is -0.728. The quantitative estimate of drug-likeness (QED) is 0.694. The molecule has 114 valence electrons. The summed E-state index contributed by atoms with van der Waals surface area (Å²) in [4.78, 5) is 32.8. The smallest absolute Gasteiger partial charge is 0.326 e. The number of ether oxygens (including phenoxy) is 1. The fourth-order valence-electron chi connectivity index (χ4n) is 1.33. The molecule has 0 saturated carbocycles. The summed E-state index contributed by atoms with van der Waals surface area (Å²) >= 11 is 11.5. The monoisotopic (exact) mass is 335 g/mol. The van der Waals surface area contributed by atoms with E-state index in [1.807, 2.05) is 5.32 Å². The van der Waals surface area contributed by atoms with E-state index >= 15 is 0 Å². The van der Waals surface area contributed by atoms with E-state index in [9.17, 15) is 14.4 Å². The molecule has 3 N–H and O–H groups in total. The van der Waals surface area contributed by atoms with Crippen LogP contribution in [0.15, 0.2) is 18.2 Å². The Morgan fingerprint density at radius 3 is 2.38 bits per heavy atom. The number of nitrogens with one attached hydrogen (secondary N) is 1. The molecular formula is C12H11Cl2NO6. The molecule has 0 aliphatic rings. The van der Waals surface area contributed by atoms with Crippen molar-refractivity contribution < 1.29 is 29.3 Å². The molecule has 1 rings (SSSR count). The van der Waals surface area contributed by atoms with Crippen molar-refractivity contribution in [2.24, 2.45) is 0 Å². The number of hydrogen-bond acceptors (Lipinski definition) is 4. The highest BCUT2D eigenvalue weighted by Gasteiger charge is 2.23. The van der Waals surface area contributed by atoms with E-state index in [0.29, 0.717) is 5.02 Å². The fourth-order valence-corrected chi connectivity index (χ4v) is 1.61. The van der Waals surface area contributed by atoms with Crippen LogP contribution >= 0.6 is 23.2 Å². The number of amides is 1. The number of hydrogen-bond donors (Lipinski definition) is 3. The third kappa shape index (κ3) is 5.88. The van der Waals surface area contributed by atoms with E-state index in [2.05, 4.69) is 0 Å². The van der Waals surface area contributed by atoms with E-state index < -0.39 is 36.9 Å². The minimum atomic E-state index is -1.52. The SMILES string of the molecule is O=C(O)CC(NC(=O)COc1ccc(Cl)c(Cl)c1)C(=O)O. The van der Waals surface area contributed by atoms with E-state index in [-0.39, 0.29) is 10.8 Å². The van der Waals surface area contributed by atoms with Crippen LogP contribution in [0.3, 0.4) is 0 Å². The summed E-state index contributed by atoms with van der Waals surface area (Å²) < 4.78 is 5.09. The number of aliphatic carboxylic acids is 2. The predicted octanol–water partition coefficient (Wildman–Crippen LogP) is 1.42. The molecule has 0 saturated heterocycles. The Morgan fingerprint density at radius 1 is 1.19 bits per heavy atom. The van der Waals surface area contributed by atoms with Gasteiger partial charge in [-0.3, -0.25) is 9.59 Å². The van der Waals surface area contributed by atoms with Crippen LogP contribution in [0.25, 0.3) is 0 Å². The molecule has 9 heteroatoms. The highest BCUT2D eigenvalue weighted by atomic mass is 35.5. The Hall–Kier alpha value is -1.99. The van der Waals surface area contributed by atoms with Crippen molar-refractivity contribution in [3.05, 3.63) is 28.2 Å². The predicted molar refractivity (Wildman–Crippen MR) is 73.8 cm³/mol. The van der Waals surface area contributed by atoms with Gasteiger partial charge in [-0.2, -0.15) is 0 Å². The molecule has 1 unspecified atom stereocenters. The van der Waals surface area contributed by atoms with Crippen LogP contribution in [-0.2, 0) is 14.4 Å². The van der Waals surface area contributed by atoms with E-state index in [0.717, 1.165) is 0 Å². The summed E-state index contributed by atoms with van der Waals surface area (Å²) in [5.74, 6) is -3.28. The number of carboxylic acid groups (broad SMARTS) is 2. The Bertz CT molecular complexity index is 563. The number of carbonyl (C=O) groups is 3. The van der Waals surface area contributed by atoms with Crippen LogP contribution < -0.4 is 10.1 Å². The van der Waals surface area contributed by atoms with Gasteiger partial charge in [0.2, 0.25) is 0 Å². The Morgan fingerprint density at radius 2 is 1.86 bits per heavy atom. The Kier molecular flexibility index (Phi) is 6.26. The summed E-state index contributed by atoms with van der Waals surface area (Å²) in [5, 5.41) is 19.9. The molecule has 21 heavy (non-hydrogen) atoms. The zero-order valence-electron chi connectivity index (χ0n) is 10.5. The number of benzene rings is 1. The Balaban J connectivity index is 2.54. The maximum Gasteiger partial charge on any atom is 0.326 e. The topological polar surface area (TPSA) is 113 Å². The summed E-state index contributed by atoms with van der Waals surface area (Å²) in [5.41, 5.74) is 0. The van der Waals surface area contributed by atoms with Crippen molar-refractivity contribution >= 4 is 41.0 Å². The average Bonchev–Trinajstić information content (AvgIpc) is 2.38. The second kappa shape index (κ2) is 7.70. The maximum absolute atomic E-state index is 11.5. The lowest BCUT2D eigenvalue weighted by Gasteiger charge is -2.13. The third-order valence-corrected chi connectivity index (χ3v) is 3.01.